The molecule has 0 saturated heterocycles. The average Bonchev–Trinajstić information content (AvgIpc) is 2.66. The van der Waals surface area contributed by atoms with Crippen LogP contribution in [0.15, 0.2) is 71.7 Å². The van der Waals surface area contributed by atoms with E-state index >= 15 is 0 Å². The van der Waals surface area contributed by atoms with Crippen LogP contribution >= 0.6 is 0 Å². The molecule has 0 saturated carbocycles. The summed E-state index contributed by atoms with van der Waals surface area (Å²) in [5.41, 5.74) is 1.75. The van der Waals surface area contributed by atoms with Crippen LogP contribution in [0.2, 0.25) is 0 Å². The second-order valence-electron chi connectivity index (χ2n) is 5.81. The Balaban J connectivity index is 1.85. The summed E-state index contributed by atoms with van der Waals surface area (Å²) in [6, 6.07) is 19.0. The van der Waals surface area contributed by atoms with E-state index in [1.54, 1.807) is 12.1 Å². The van der Waals surface area contributed by atoms with Crippen LogP contribution in [-0.4, -0.2) is 27.2 Å². The van der Waals surface area contributed by atoms with Gasteiger partial charge in [0.2, 0.25) is 0 Å². The Morgan fingerprint density at radius 3 is 2.35 bits per heavy atom. The van der Waals surface area contributed by atoms with Crippen molar-refractivity contribution in [3.8, 4) is 11.4 Å². The van der Waals surface area contributed by atoms with Crippen LogP contribution in [-0.2, 0) is 17.8 Å². The second-order valence-corrected chi connectivity index (χ2v) is 5.81. The molecule has 3 aromatic rings. The number of rotatable bonds is 7. The zero-order chi connectivity index (χ0) is 18.4. The summed E-state index contributed by atoms with van der Waals surface area (Å²) >= 11 is 0. The van der Waals surface area contributed by atoms with E-state index < -0.39 is 18.1 Å². The van der Waals surface area contributed by atoms with Gasteiger partial charge < -0.3 is 10.4 Å². The Labute approximate surface area is 150 Å². The number of hydrogen-bond acceptors (Lipinski definition) is 4. The Kier molecular flexibility index (Phi) is 5.43. The fraction of sp³-hybridized carbons (Fsp3) is 0.150. The number of aliphatic carboxylic acids is 1. The van der Waals surface area contributed by atoms with Gasteiger partial charge in [-0.15, -0.1) is 0 Å². The van der Waals surface area contributed by atoms with Crippen molar-refractivity contribution in [1.82, 2.24) is 9.55 Å². The van der Waals surface area contributed by atoms with Crippen molar-refractivity contribution in [2.75, 3.05) is 11.9 Å². The van der Waals surface area contributed by atoms with Crippen LogP contribution in [0.4, 0.5) is 5.69 Å². The first-order chi connectivity index (χ1) is 12.6. The van der Waals surface area contributed by atoms with Crippen LogP contribution in [0.3, 0.4) is 0 Å². The summed E-state index contributed by atoms with van der Waals surface area (Å²) < 4.78 is 1.18. The number of aromatic nitrogens is 2. The van der Waals surface area contributed by atoms with Crippen LogP contribution in [0.25, 0.3) is 11.4 Å². The topological polar surface area (TPSA) is 84.2 Å². The van der Waals surface area contributed by atoms with Crippen LogP contribution in [0, 0.1) is 0 Å². The van der Waals surface area contributed by atoms with Crippen molar-refractivity contribution in [2.45, 2.75) is 13.0 Å². The lowest BCUT2D eigenvalue weighted by atomic mass is 10.1. The molecule has 0 fully saturated rings. The highest BCUT2D eigenvalue weighted by atomic mass is 16.4. The Hall–Kier alpha value is -3.41. The standard InChI is InChI=1S/C20H19N3O3/c24-18(25)14-23-19(16-9-5-2-6-10-16)22-13-17(20(23)26)21-12-11-15-7-3-1-4-8-15/h1-10,13,21H,11-12,14H2,(H,24,25). The highest BCUT2D eigenvalue weighted by molar-refractivity contribution is 5.68. The van der Waals surface area contributed by atoms with Crippen LogP contribution in [0.5, 0.6) is 0 Å². The van der Waals surface area contributed by atoms with Gasteiger partial charge in [-0.1, -0.05) is 60.7 Å². The quantitative estimate of drug-likeness (QED) is 0.685. The van der Waals surface area contributed by atoms with Gasteiger partial charge in [-0.2, -0.15) is 0 Å². The summed E-state index contributed by atoms with van der Waals surface area (Å²) in [5.74, 6) is -0.751. The van der Waals surface area contributed by atoms with E-state index in [4.69, 9.17) is 0 Å². The Morgan fingerprint density at radius 1 is 1.04 bits per heavy atom. The van der Waals surface area contributed by atoms with Gasteiger partial charge in [0.25, 0.3) is 5.56 Å². The maximum atomic E-state index is 12.7. The molecule has 2 aromatic carbocycles. The molecule has 0 aliphatic carbocycles. The van der Waals surface area contributed by atoms with Crippen molar-refractivity contribution in [3.63, 3.8) is 0 Å². The molecular weight excluding hydrogens is 330 g/mol. The van der Waals surface area contributed by atoms with Crippen molar-refractivity contribution in [2.24, 2.45) is 0 Å². The first kappa shape index (κ1) is 17.4. The van der Waals surface area contributed by atoms with Gasteiger partial charge in [0, 0.05) is 12.1 Å². The molecule has 0 amide bonds. The lowest BCUT2D eigenvalue weighted by molar-refractivity contribution is -0.137. The van der Waals surface area contributed by atoms with Gasteiger partial charge in [0.15, 0.2) is 0 Å². The number of nitrogens with one attached hydrogen (secondary N) is 1. The molecule has 6 heteroatoms. The van der Waals surface area contributed by atoms with Gasteiger partial charge >= 0.3 is 5.97 Å². The third kappa shape index (κ3) is 4.16. The maximum Gasteiger partial charge on any atom is 0.323 e. The fourth-order valence-electron chi connectivity index (χ4n) is 2.70. The molecule has 132 valence electrons. The average molecular weight is 349 g/mol. The normalized spacial score (nSPS) is 10.5. The first-order valence-corrected chi connectivity index (χ1v) is 8.30. The van der Waals surface area contributed by atoms with E-state index in [0.717, 1.165) is 12.0 Å². The molecule has 6 nitrogen and oxygen atoms in total. The zero-order valence-corrected chi connectivity index (χ0v) is 14.1. The molecule has 0 radical (unpaired) electrons. The molecule has 1 aromatic heterocycles. The number of carboxylic acids is 1. The van der Waals surface area contributed by atoms with Gasteiger partial charge in [0.1, 0.15) is 18.1 Å². The van der Waals surface area contributed by atoms with Gasteiger partial charge in [-0.25, -0.2) is 4.98 Å². The van der Waals surface area contributed by atoms with Crippen molar-refractivity contribution >= 4 is 11.7 Å². The lowest BCUT2D eigenvalue weighted by Gasteiger charge is -2.13. The van der Waals surface area contributed by atoms with E-state index in [1.807, 2.05) is 48.5 Å². The zero-order valence-electron chi connectivity index (χ0n) is 14.1. The fourth-order valence-corrected chi connectivity index (χ4v) is 2.70. The first-order valence-electron chi connectivity index (χ1n) is 8.30. The van der Waals surface area contributed by atoms with Gasteiger partial charge in [-0.3, -0.25) is 14.2 Å². The molecule has 26 heavy (non-hydrogen) atoms. The summed E-state index contributed by atoms with van der Waals surface area (Å²) in [4.78, 5) is 28.3. The van der Waals surface area contributed by atoms with E-state index in [0.29, 0.717) is 23.6 Å². The number of nitrogens with zero attached hydrogens (tertiary/aromatic N) is 2. The summed E-state index contributed by atoms with van der Waals surface area (Å²) in [6.07, 6.45) is 2.22. The summed E-state index contributed by atoms with van der Waals surface area (Å²) in [5, 5.41) is 12.2. The largest absolute Gasteiger partial charge is 0.480 e. The molecule has 0 bridgehead atoms. The van der Waals surface area contributed by atoms with Crippen molar-refractivity contribution in [3.05, 3.63) is 82.8 Å². The number of benzene rings is 2. The predicted molar refractivity (Wildman–Crippen MR) is 100 cm³/mol. The predicted octanol–water partition coefficient (Wildman–Crippen LogP) is 2.65. The second kappa shape index (κ2) is 8.11. The number of hydrogen-bond donors (Lipinski definition) is 2. The van der Waals surface area contributed by atoms with Gasteiger partial charge in [-0.05, 0) is 12.0 Å². The van der Waals surface area contributed by atoms with Crippen LogP contribution in [0.1, 0.15) is 5.56 Å². The van der Waals surface area contributed by atoms with E-state index in [9.17, 15) is 14.7 Å². The Morgan fingerprint density at radius 2 is 1.69 bits per heavy atom. The molecule has 0 atom stereocenters. The number of anilines is 1. The van der Waals surface area contributed by atoms with Gasteiger partial charge in [0.05, 0.1) is 6.20 Å². The van der Waals surface area contributed by atoms with E-state index in [2.05, 4.69) is 10.3 Å². The lowest BCUT2D eigenvalue weighted by Crippen LogP contribution is -2.29. The highest BCUT2D eigenvalue weighted by Crippen LogP contribution is 2.16. The summed E-state index contributed by atoms with van der Waals surface area (Å²) in [6.45, 7) is 0.114. The maximum absolute atomic E-state index is 12.7. The minimum Gasteiger partial charge on any atom is -0.480 e. The highest BCUT2D eigenvalue weighted by Gasteiger charge is 2.14. The third-order valence-corrected chi connectivity index (χ3v) is 3.94. The Bertz CT molecular complexity index is 938. The van der Waals surface area contributed by atoms with Crippen molar-refractivity contribution in [1.29, 1.82) is 0 Å². The molecule has 0 aliphatic heterocycles. The minimum absolute atomic E-state index is 0.293. The SMILES string of the molecule is O=C(O)Cn1c(-c2ccccc2)ncc(NCCc2ccccc2)c1=O. The van der Waals surface area contributed by atoms with E-state index in [-0.39, 0.29) is 0 Å². The van der Waals surface area contributed by atoms with Crippen molar-refractivity contribution < 1.29 is 9.90 Å². The molecule has 0 aliphatic rings. The molecule has 3 rings (SSSR count). The van der Waals surface area contributed by atoms with Crippen LogP contribution < -0.4 is 10.9 Å². The number of carboxylic acid groups (broad SMARTS) is 1. The number of carbonyl (C=O) groups is 1. The molecular formula is C20H19N3O3. The molecule has 0 unspecified atom stereocenters. The molecule has 2 N–H and O–H groups in total. The third-order valence-electron chi connectivity index (χ3n) is 3.94. The van der Waals surface area contributed by atoms with E-state index in [1.165, 1.54) is 10.8 Å². The molecule has 0 spiro atoms. The smallest absolute Gasteiger partial charge is 0.323 e. The monoisotopic (exact) mass is 349 g/mol. The molecule has 1 heterocycles. The minimum atomic E-state index is -1.09. The summed E-state index contributed by atoms with van der Waals surface area (Å²) in [7, 11) is 0.